The largest absolute Gasteiger partial charge is 0.508 e. The number of ether oxygens (including phenoxy) is 2. The van der Waals surface area contributed by atoms with Gasteiger partial charge in [-0.15, -0.1) is 0 Å². The van der Waals surface area contributed by atoms with E-state index in [4.69, 9.17) is 14.3 Å². The lowest BCUT2D eigenvalue weighted by Crippen LogP contribution is -2.57. The number of nitrogens with one attached hydrogen (secondary N) is 2. The van der Waals surface area contributed by atoms with Crippen LogP contribution in [-0.2, 0) is 20.9 Å². The van der Waals surface area contributed by atoms with E-state index in [0.717, 1.165) is 11.1 Å². The maximum Gasteiger partial charge on any atom is 0.188 e. The zero-order valence-corrected chi connectivity index (χ0v) is 20.1. The Morgan fingerprint density at radius 2 is 1.91 bits per heavy atom. The van der Waals surface area contributed by atoms with Gasteiger partial charge in [0.05, 0.1) is 31.5 Å². The van der Waals surface area contributed by atoms with Crippen molar-refractivity contribution in [3.8, 4) is 0 Å². The molecule has 2 aliphatic rings. The number of hydroxylamine groups is 1. The summed E-state index contributed by atoms with van der Waals surface area (Å²) in [5, 5.41) is 51.3. The molecule has 1 aliphatic heterocycles. The van der Waals surface area contributed by atoms with Crippen LogP contribution in [0.1, 0.15) is 38.3 Å². The molecule has 0 spiro atoms. The van der Waals surface area contributed by atoms with Gasteiger partial charge in [0.15, 0.2) is 24.7 Å². The van der Waals surface area contributed by atoms with E-state index in [-0.39, 0.29) is 25.1 Å². The standard InChI is InChI=1S/C24H37N2O8/c1-13-5-14(9-25-8-13)12-32-26-23-16(29)7-17(19(11-28)34-23)33-18-6-15(10-27)21(30)22(31)20(18)24(2,3)4/h5,7-9,15,17-18,20-23,26-31H,6,10-12H2,1-4H3/p+1/t15?,17-,18+,20?,21-,22-,23+/m0/s1. The maximum atomic E-state index is 10.8. The summed E-state index contributed by atoms with van der Waals surface area (Å²) < 4.78 is 11.9. The second kappa shape index (κ2) is 11.4. The monoisotopic (exact) mass is 482 g/mol. The first-order chi connectivity index (χ1) is 16.0. The summed E-state index contributed by atoms with van der Waals surface area (Å²) in [6, 6.07) is 1.95. The van der Waals surface area contributed by atoms with E-state index in [2.05, 4.69) is 10.5 Å². The summed E-state index contributed by atoms with van der Waals surface area (Å²) in [6.45, 7) is 7.23. The molecule has 0 saturated heterocycles. The van der Waals surface area contributed by atoms with Crippen molar-refractivity contribution in [2.24, 2.45) is 17.3 Å². The first-order valence-electron chi connectivity index (χ1n) is 11.6. The molecule has 7 N–H and O–H groups in total. The Balaban J connectivity index is 1.69. The number of aromatic amines is 1. The van der Waals surface area contributed by atoms with Gasteiger partial charge < -0.3 is 35.0 Å². The maximum absolute atomic E-state index is 10.8. The Morgan fingerprint density at radius 3 is 2.53 bits per heavy atom. The molecular formula is C24H38N2O8+. The Labute approximate surface area is 200 Å². The summed E-state index contributed by atoms with van der Waals surface area (Å²) in [4.78, 5) is 8.47. The van der Waals surface area contributed by atoms with E-state index in [9.17, 15) is 25.5 Å². The smallest absolute Gasteiger partial charge is 0.188 e. The molecule has 10 nitrogen and oxygen atoms in total. The van der Waals surface area contributed by atoms with Gasteiger partial charge in [0.2, 0.25) is 0 Å². The van der Waals surface area contributed by atoms with Gasteiger partial charge in [-0.05, 0) is 30.9 Å². The molecule has 1 aliphatic carbocycles. The molecule has 0 amide bonds. The second-order valence-corrected chi connectivity index (χ2v) is 10.2. The molecular weight excluding hydrogens is 444 g/mol. The first kappa shape index (κ1) is 27.0. The van der Waals surface area contributed by atoms with Gasteiger partial charge in [0.25, 0.3) is 0 Å². The summed E-state index contributed by atoms with van der Waals surface area (Å²) in [7, 11) is 0. The topological polar surface area (TPSA) is 155 Å². The summed E-state index contributed by atoms with van der Waals surface area (Å²) in [6.07, 6.45) is 0.893. The van der Waals surface area contributed by atoms with Crippen LogP contribution in [0.25, 0.3) is 0 Å². The lowest BCUT2D eigenvalue weighted by Gasteiger charge is -2.49. The molecule has 1 aromatic rings. The van der Waals surface area contributed by atoms with Crippen LogP contribution >= 0.6 is 0 Å². The number of rotatable bonds is 8. The normalized spacial score (nSPS) is 33.1. The lowest BCUT2D eigenvalue weighted by atomic mass is 9.65. The van der Waals surface area contributed by atoms with E-state index < -0.39 is 54.5 Å². The Hall–Kier alpha value is -1.63. The summed E-state index contributed by atoms with van der Waals surface area (Å²) >= 11 is 0. The number of aliphatic hydroxyl groups is 5. The minimum atomic E-state index is -1.10. The van der Waals surface area contributed by atoms with E-state index in [1.54, 1.807) is 6.20 Å². The van der Waals surface area contributed by atoms with E-state index >= 15 is 0 Å². The first-order valence-corrected chi connectivity index (χ1v) is 11.6. The summed E-state index contributed by atoms with van der Waals surface area (Å²) in [5.41, 5.74) is 4.16. The lowest BCUT2D eigenvalue weighted by molar-refractivity contribution is -0.379. The fourth-order valence-corrected chi connectivity index (χ4v) is 4.76. The molecule has 0 bridgehead atoms. The highest BCUT2D eigenvalue weighted by Gasteiger charge is 2.50. The van der Waals surface area contributed by atoms with Crippen LogP contribution in [0.5, 0.6) is 0 Å². The highest BCUT2D eigenvalue weighted by molar-refractivity contribution is 5.15. The number of hydrogen-bond donors (Lipinski definition) is 6. The van der Waals surface area contributed by atoms with Gasteiger partial charge in [-0.2, -0.15) is 5.48 Å². The molecule has 34 heavy (non-hydrogen) atoms. The minimum Gasteiger partial charge on any atom is -0.508 e. The third-order valence-corrected chi connectivity index (χ3v) is 6.45. The van der Waals surface area contributed by atoms with Gasteiger partial charge >= 0.3 is 0 Å². The van der Waals surface area contributed by atoms with Gasteiger partial charge in [-0.3, -0.25) is 4.84 Å². The van der Waals surface area contributed by atoms with Gasteiger partial charge in [-0.25, -0.2) is 4.98 Å². The third-order valence-electron chi connectivity index (χ3n) is 6.45. The Kier molecular flexibility index (Phi) is 9.04. The molecule has 10 heteroatoms. The Morgan fingerprint density at radius 1 is 1.18 bits per heavy atom. The van der Waals surface area contributed by atoms with Crippen LogP contribution in [0.3, 0.4) is 0 Å². The van der Waals surface area contributed by atoms with Crippen LogP contribution in [0.15, 0.2) is 30.3 Å². The number of pyridine rings is 1. The molecule has 2 heterocycles. The average Bonchev–Trinajstić information content (AvgIpc) is 2.76. The molecule has 1 saturated carbocycles. The summed E-state index contributed by atoms with van der Waals surface area (Å²) in [5.74, 6) is -1.19. The number of H-pyrrole nitrogens is 1. The van der Waals surface area contributed by atoms with Gasteiger partial charge in [0, 0.05) is 29.6 Å². The van der Waals surface area contributed by atoms with Crippen LogP contribution in [0, 0.1) is 30.3 Å². The van der Waals surface area contributed by atoms with Crippen LogP contribution in [0.4, 0.5) is 0 Å². The molecule has 1 fully saturated rings. The zero-order chi connectivity index (χ0) is 25.0. The van der Waals surface area contributed by atoms with Gasteiger partial charge in [-0.1, -0.05) is 20.8 Å². The SMILES string of the molecule is Cc1c[nH+]cc(CON[C@@H]2O[C](CO)[C@@H](O[C@@H]3CC(CO)[C@H](O)[C@@H](O)C3C(C)(C)C)C=C2O)c1. The average molecular weight is 483 g/mol. The van der Waals surface area contributed by atoms with E-state index in [1.807, 2.05) is 40.0 Å². The van der Waals surface area contributed by atoms with Crippen molar-refractivity contribution in [3.63, 3.8) is 0 Å². The van der Waals surface area contributed by atoms with Crippen molar-refractivity contribution in [3.05, 3.63) is 47.5 Å². The van der Waals surface area contributed by atoms with Crippen molar-refractivity contribution in [1.29, 1.82) is 0 Å². The molecule has 1 aromatic heterocycles. The molecule has 1 radical (unpaired) electrons. The molecule has 0 aromatic carbocycles. The fraction of sp³-hybridized carbons (Fsp3) is 0.667. The van der Waals surface area contributed by atoms with Crippen molar-refractivity contribution >= 4 is 0 Å². The van der Waals surface area contributed by atoms with E-state index in [0.29, 0.717) is 6.42 Å². The molecule has 7 atom stereocenters. The van der Waals surface area contributed by atoms with Crippen molar-refractivity contribution in [2.45, 2.75) is 71.4 Å². The van der Waals surface area contributed by atoms with Crippen LogP contribution in [0.2, 0.25) is 0 Å². The van der Waals surface area contributed by atoms with Crippen LogP contribution < -0.4 is 10.5 Å². The molecule has 3 rings (SSSR count). The number of aryl methyl sites for hydroxylation is 1. The van der Waals surface area contributed by atoms with Crippen LogP contribution in [-0.4, -0.2) is 69.4 Å². The fourth-order valence-electron chi connectivity index (χ4n) is 4.76. The number of aliphatic hydroxyl groups excluding tert-OH is 5. The third kappa shape index (κ3) is 6.32. The van der Waals surface area contributed by atoms with Crippen molar-refractivity contribution in [2.75, 3.05) is 13.2 Å². The predicted molar refractivity (Wildman–Crippen MR) is 120 cm³/mol. The molecule has 2 unspecified atom stereocenters. The quantitative estimate of drug-likeness (QED) is 0.287. The van der Waals surface area contributed by atoms with E-state index in [1.165, 1.54) is 6.08 Å². The minimum absolute atomic E-state index is 0.164. The second-order valence-electron chi connectivity index (χ2n) is 10.2. The number of aromatic nitrogens is 1. The highest BCUT2D eigenvalue weighted by atomic mass is 16.7. The van der Waals surface area contributed by atoms with Gasteiger partial charge in [0.1, 0.15) is 11.9 Å². The molecule has 191 valence electrons. The highest BCUT2D eigenvalue weighted by Crippen LogP contribution is 2.43. The predicted octanol–water partition coefficient (Wildman–Crippen LogP) is 0.303. The number of hydrogen-bond acceptors (Lipinski definition) is 9. The Bertz CT molecular complexity index is 829. The zero-order valence-electron chi connectivity index (χ0n) is 20.1. The van der Waals surface area contributed by atoms with Crippen molar-refractivity contribution < 1.29 is 44.8 Å². The van der Waals surface area contributed by atoms with Crippen molar-refractivity contribution in [1.82, 2.24) is 5.48 Å².